The van der Waals surface area contributed by atoms with Crippen molar-refractivity contribution in [1.82, 2.24) is 19.8 Å². The third-order valence-electron chi connectivity index (χ3n) is 5.10. The Morgan fingerprint density at radius 3 is 2.49 bits per heavy atom. The van der Waals surface area contributed by atoms with E-state index in [1.165, 1.54) is 42.7 Å². The summed E-state index contributed by atoms with van der Waals surface area (Å²) in [5.41, 5.74) is -0.201. The number of fused-ring (bicyclic) bond motifs is 1. The van der Waals surface area contributed by atoms with Crippen LogP contribution in [0.5, 0.6) is 11.5 Å². The molecule has 11 heteroatoms. The predicted octanol–water partition coefficient (Wildman–Crippen LogP) is 1.92. The van der Waals surface area contributed by atoms with Crippen molar-refractivity contribution in [2.75, 3.05) is 26.2 Å². The number of carbonyl (C=O) groups excluding carboxylic acids is 2. The lowest BCUT2D eigenvalue weighted by molar-refractivity contribution is -0.286. The highest BCUT2D eigenvalue weighted by Gasteiger charge is 2.43. The summed E-state index contributed by atoms with van der Waals surface area (Å²) in [6.45, 7) is 4.34. The van der Waals surface area contributed by atoms with Crippen LogP contribution in [-0.4, -0.2) is 74.8 Å². The van der Waals surface area contributed by atoms with E-state index < -0.39 is 11.9 Å². The average molecular weight is 484 g/mol. The summed E-state index contributed by atoms with van der Waals surface area (Å²) in [4.78, 5) is 36.6. The van der Waals surface area contributed by atoms with Crippen molar-refractivity contribution in [3.63, 3.8) is 0 Å². The molecule has 0 unspecified atom stereocenters. The first-order chi connectivity index (χ1) is 16.5. The highest BCUT2D eigenvalue weighted by Crippen LogP contribution is 2.41. The molecular formula is C24H22F2N4O5. The van der Waals surface area contributed by atoms with Gasteiger partial charge in [0.25, 0.3) is 5.91 Å². The van der Waals surface area contributed by atoms with Gasteiger partial charge >= 0.3 is 6.29 Å². The van der Waals surface area contributed by atoms with Crippen LogP contribution in [0.25, 0.3) is 6.08 Å². The Balaban J connectivity index is 1.33. The molecule has 1 aromatic carbocycles. The Morgan fingerprint density at radius 2 is 1.77 bits per heavy atom. The summed E-state index contributed by atoms with van der Waals surface area (Å²) in [6.07, 6.45) is 0.375. The average Bonchev–Trinajstić information content (AvgIpc) is 3.13. The van der Waals surface area contributed by atoms with Crippen LogP contribution in [0, 0.1) is 11.8 Å². The number of nitrogens with zero attached hydrogens (tertiary/aromatic N) is 4. The minimum absolute atomic E-state index is 0.0700. The van der Waals surface area contributed by atoms with Gasteiger partial charge in [0, 0.05) is 38.3 Å². The van der Waals surface area contributed by atoms with E-state index >= 15 is 0 Å². The number of carbonyl (C=O) groups is 2. The van der Waals surface area contributed by atoms with Gasteiger partial charge in [-0.05, 0) is 43.5 Å². The maximum Gasteiger partial charge on any atom is 0.586 e. The second-order valence-corrected chi connectivity index (χ2v) is 8.42. The summed E-state index contributed by atoms with van der Waals surface area (Å²) in [5.74, 6) is 4.60. The fourth-order valence-corrected chi connectivity index (χ4v) is 3.39. The van der Waals surface area contributed by atoms with Crippen molar-refractivity contribution in [2.45, 2.75) is 25.7 Å². The molecule has 182 valence electrons. The van der Waals surface area contributed by atoms with E-state index in [1.807, 2.05) is 0 Å². The van der Waals surface area contributed by atoms with E-state index in [1.54, 1.807) is 23.6 Å². The Labute approximate surface area is 200 Å². The van der Waals surface area contributed by atoms with Crippen molar-refractivity contribution in [3.8, 4) is 23.3 Å². The molecule has 0 atom stereocenters. The maximum absolute atomic E-state index is 13.1. The van der Waals surface area contributed by atoms with Gasteiger partial charge in [0.1, 0.15) is 23.3 Å². The van der Waals surface area contributed by atoms with Crippen LogP contribution in [0.4, 0.5) is 8.78 Å². The molecule has 0 spiro atoms. The lowest BCUT2D eigenvalue weighted by atomic mass is 10.1. The molecule has 2 aliphatic rings. The van der Waals surface area contributed by atoms with Crippen LogP contribution in [0.2, 0.25) is 0 Å². The molecule has 4 rings (SSSR count). The van der Waals surface area contributed by atoms with Gasteiger partial charge in [-0.3, -0.25) is 9.59 Å². The second-order valence-electron chi connectivity index (χ2n) is 8.42. The number of aromatic nitrogens is 2. The first kappa shape index (κ1) is 24.1. The monoisotopic (exact) mass is 484 g/mol. The van der Waals surface area contributed by atoms with Gasteiger partial charge in [0.05, 0.1) is 0 Å². The fourth-order valence-electron chi connectivity index (χ4n) is 3.39. The maximum atomic E-state index is 13.1. The van der Waals surface area contributed by atoms with Crippen molar-refractivity contribution in [1.29, 1.82) is 0 Å². The van der Waals surface area contributed by atoms with Gasteiger partial charge in [0.15, 0.2) is 11.5 Å². The van der Waals surface area contributed by atoms with Crippen molar-refractivity contribution in [3.05, 3.63) is 53.6 Å². The molecule has 2 amide bonds. The molecule has 0 radical (unpaired) electrons. The number of halogens is 2. The molecule has 2 aromatic rings. The first-order valence-corrected chi connectivity index (χ1v) is 10.7. The summed E-state index contributed by atoms with van der Waals surface area (Å²) < 4.78 is 35.1. The summed E-state index contributed by atoms with van der Waals surface area (Å²) >= 11 is 0. The summed E-state index contributed by atoms with van der Waals surface area (Å²) in [7, 11) is 0. The SMILES string of the molecule is CC(C)(O)C#Cc1cc(C(=O)N2CCN(C(=O)/C=C/c3ccc4c(c3)OC(F)(F)O4)CC2)ncn1. The molecule has 9 nitrogen and oxygen atoms in total. The predicted molar refractivity (Wildman–Crippen MR) is 119 cm³/mol. The Bertz CT molecular complexity index is 1240. The largest absolute Gasteiger partial charge is 0.586 e. The number of hydrogen-bond acceptors (Lipinski definition) is 7. The standard InChI is InChI=1S/C24H22F2N4O5/c1-23(2,33)8-7-17-14-18(28-15-27-17)22(32)30-11-9-29(10-12-30)21(31)6-4-16-3-5-19-20(13-16)35-24(25,26)34-19/h3-6,13-15,33H,9-12H2,1-2H3/b6-4+. The second kappa shape index (κ2) is 9.31. The number of benzene rings is 1. The van der Waals surface area contributed by atoms with E-state index in [0.29, 0.717) is 37.4 Å². The smallest absolute Gasteiger partial charge is 0.395 e. The normalized spacial score (nSPS) is 16.7. The number of aliphatic hydroxyl groups is 1. The first-order valence-electron chi connectivity index (χ1n) is 10.7. The Kier molecular flexibility index (Phi) is 6.41. The van der Waals surface area contributed by atoms with E-state index in [4.69, 9.17) is 0 Å². The highest BCUT2D eigenvalue weighted by molar-refractivity contribution is 5.94. The number of hydrogen-bond donors (Lipinski definition) is 1. The Hall–Kier alpha value is -4.04. The zero-order valence-corrected chi connectivity index (χ0v) is 19.0. The number of rotatable bonds is 3. The van der Waals surface area contributed by atoms with E-state index in [9.17, 15) is 23.5 Å². The molecule has 1 saturated heterocycles. The van der Waals surface area contributed by atoms with Crippen LogP contribution >= 0.6 is 0 Å². The lowest BCUT2D eigenvalue weighted by Crippen LogP contribution is -2.50. The minimum atomic E-state index is -3.70. The molecule has 0 bridgehead atoms. The van der Waals surface area contributed by atoms with Gasteiger partial charge in [0.2, 0.25) is 5.91 Å². The van der Waals surface area contributed by atoms with Crippen LogP contribution in [0.1, 0.15) is 35.6 Å². The van der Waals surface area contributed by atoms with Crippen LogP contribution in [0.15, 0.2) is 36.7 Å². The van der Waals surface area contributed by atoms with Gasteiger partial charge in [-0.15, -0.1) is 8.78 Å². The summed E-state index contributed by atoms with van der Waals surface area (Å²) in [6, 6.07) is 5.70. The zero-order valence-electron chi connectivity index (χ0n) is 19.0. The molecular weight excluding hydrogens is 462 g/mol. The van der Waals surface area contributed by atoms with Crippen molar-refractivity contribution >= 4 is 17.9 Å². The quantitative estimate of drug-likeness (QED) is 0.524. The molecule has 35 heavy (non-hydrogen) atoms. The number of piperazine rings is 1. The molecule has 1 fully saturated rings. The molecule has 3 heterocycles. The van der Waals surface area contributed by atoms with Crippen LogP contribution < -0.4 is 9.47 Å². The molecule has 2 aliphatic heterocycles. The molecule has 1 aromatic heterocycles. The number of amides is 2. The van der Waals surface area contributed by atoms with Crippen LogP contribution in [-0.2, 0) is 4.79 Å². The van der Waals surface area contributed by atoms with E-state index in [0.717, 1.165) is 0 Å². The molecule has 0 aliphatic carbocycles. The minimum Gasteiger partial charge on any atom is -0.395 e. The van der Waals surface area contributed by atoms with Crippen molar-refractivity contribution < 1.29 is 33.0 Å². The molecule has 0 saturated carbocycles. The van der Waals surface area contributed by atoms with E-state index in [2.05, 4.69) is 31.3 Å². The van der Waals surface area contributed by atoms with Gasteiger partial charge < -0.3 is 24.4 Å². The molecule has 1 N–H and O–H groups in total. The third kappa shape index (κ3) is 6.10. The zero-order chi connectivity index (χ0) is 25.2. The van der Waals surface area contributed by atoms with E-state index in [-0.39, 0.29) is 29.0 Å². The Morgan fingerprint density at radius 1 is 1.09 bits per heavy atom. The lowest BCUT2D eigenvalue weighted by Gasteiger charge is -2.34. The fraction of sp³-hybridized carbons (Fsp3) is 0.333. The number of ether oxygens (including phenoxy) is 2. The highest BCUT2D eigenvalue weighted by atomic mass is 19.3. The topological polar surface area (TPSA) is 105 Å². The van der Waals surface area contributed by atoms with Gasteiger partial charge in [-0.1, -0.05) is 12.0 Å². The van der Waals surface area contributed by atoms with Gasteiger partial charge in [-0.2, -0.15) is 0 Å². The van der Waals surface area contributed by atoms with Crippen LogP contribution in [0.3, 0.4) is 0 Å². The third-order valence-corrected chi connectivity index (χ3v) is 5.10. The van der Waals surface area contributed by atoms with Gasteiger partial charge in [-0.25, -0.2) is 9.97 Å². The summed E-state index contributed by atoms with van der Waals surface area (Å²) in [5, 5.41) is 9.72. The number of alkyl halides is 2. The van der Waals surface area contributed by atoms with Crippen molar-refractivity contribution in [2.24, 2.45) is 0 Å².